The molecule has 0 saturated heterocycles. The highest BCUT2D eigenvalue weighted by molar-refractivity contribution is 6.34. The molecule has 0 radical (unpaired) electrons. The molecule has 1 rings (SSSR count). The van der Waals surface area contributed by atoms with Crippen molar-refractivity contribution < 1.29 is 24.2 Å². The second-order valence-electron chi connectivity index (χ2n) is 3.56. The van der Waals surface area contributed by atoms with Crippen molar-refractivity contribution >= 4 is 11.8 Å². The lowest BCUT2D eigenvalue weighted by Crippen LogP contribution is -2.17. The van der Waals surface area contributed by atoms with Gasteiger partial charge in [0.05, 0.1) is 14.2 Å². The molecular formula is C12H14O5. The maximum Gasteiger partial charge on any atom is 0.374 e. The van der Waals surface area contributed by atoms with Gasteiger partial charge in [-0.2, -0.15) is 0 Å². The molecule has 0 fully saturated rings. The molecule has 0 saturated carbocycles. The summed E-state index contributed by atoms with van der Waals surface area (Å²) in [6.45, 7) is 1.68. The molecule has 0 aliphatic heterocycles. The first kappa shape index (κ1) is 13.0. The summed E-state index contributed by atoms with van der Waals surface area (Å²) in [4.78, 5) is 22.3. The zero-order valence-electron chi connectivity index (χ0n) is 9.94. The normalized spacial score (nSPS) is 9.82. The van der Waals surface area contributed by atoms with Crippen molar-refractivity contribution in [3.05, 3.63) is 23.3 Å². The molecule has 0 bridgehead atoms. The topological polar surface area (TPSA) is 72.8 Å². The molecule has 0 amide bonds. The molecule has 5 nitrogen and oxygen atoms in total. The average Bonchev–Trinajstić information content (AvgIpc) is 2.32. The van der Waals surface area contributed by atoms with Crippen LogP contribution in [-0.4, -0.2) is 31.1 Å². The number of phenolic OH excluding ortho intramolecular Hbond substituents is 1. The van der Waals surface area contributed by atoms with Crippen LogP contribution in [0, 0.1) is 6.92 Å². The van der Waals surface area contributed by atoms with E-state index in [1.165, 1.54) is 13.2 Å². The fourth-order valence-corrected chi connectivity index (χ4v) is 1.45. The highest BCUT2D eigenvalue weighted by atomic mass is 16.5. The number of aromatic hydroxyl groups is 1. The van der Waals surface area contributed by atoms with Crippen molar-refractivity contribution in [2.45, 2.75) is 13.3 Å². The zero-order valence-corrected chi connectivity index (χ0v) is 9.94. The second-order valence-corrected chi connectivity index (χ2v) is 3.56. The first-order valence-corrected chi connectivity index (χ1v) is 4.97. The highest BCUT2D eigenvalue weighted by Crippen LogP contribution is 2.30. The van der Waals surface area contributed by atoms with E-state index < -0.39 is 11.8 Å². The number of esters is 1. The van der Waals surface area contributed by atoms with Crippen LogP contribution < -0.4 is 4.74 Å². The van der Waals surface area contributed by atoms with Crippen LogP contribution in [0.5, 0.6) is 11.5 Å². The number of aryl methyl sites for hydroxylation is 1. The largest absolute Gasteiger partial charge is 0.504 e. The molecule has 5 heteroatoms. The third kappa shape index (κ3) is 2.96. The van der Waals surface area contributed by atoms with Crippen molar-refractivity contribution in [2.24, 2.45) is 0 Å². The third-order valence-corrected chi connectivity index (χ3v) is 2.32. The predicted molar refractivity (Wildman–Crippen MR) is 60.1 cm³/mol. The number of methoxy groups -OCH3 is 2. The third-order valence-electron chi connectivity index (χ3n) is 2.32. The molecule has 17 heavy (non-hydrogen) atoms. The number of benzene rings is 1. The fourth-order valence-electron chi connectivity index (χ4n) is 1.45. The quantitative estimate of drug-likeness (QED) is 0.625. The lowest BCUT2D eigenvalue weighted by molar-refractivity contribution is -0.151. The SMILES string of the molecule is COC(=O)C(=O)Cc1cc(C)c(O)c(OC)c1. The number of ketones is 1. The number of phenols is 1. The Kier molecular flexibility index (Phi) is 4.09. The molecular weight excluding hydrogens is 224 g/mol. The number of carbonyl (C=O) groups excluding carboxylic acids is 2. The standard InChI is InChI=1S/C12H14O5/c1-7-4-8(5-9(13)12(15)17-3)6-10(16-2)11(7)14/h4,6,14H,5H2,1-3H3. The van der Waals surface area contributed by atoms with E-state index in [4.69, 9.17) is 4.74 Å². The molecule has 0 aliphatic rings. The van der Waals surface area contributed by atoms with Crippen molar-refractivity contribution in [1.82, 2.24) is 0 Å². The Bertz CT molecular complexity index is 450. The van der Waals surface area contributed by atoms with E-state index in [1.807, 2.05) is 0 Å². The van der Waals surface area contributed by atoms with Gasteiger partial charge in [-0.15, -0.1) is 0 Å². The van der Waals surface area contributed by atoms with Crippen LogP contribution in [0.3, 0.4) is 0 Å². The van der Waals surface area contributed by atoms with Gasteiger partial charge in [0.1, 0.15) is 0 Å². The summed E-state index contributed by atoms with van der Waals surface area (Å²) < 4.78 is 9.28. The molecule has 92 valence electrons. The van der Waals surface area contributed by atoms with E-state index in [1.54, 1.807) is 13.0 Å². The second kappa shape index (κ2) is 5.34. The first-order valence-electron chi connectivity index (χ1n) is 4.97. The summed E-state index contributed by atoms with van der Waals surface area (Å²) in [7, 11) is 2.57. The van der Waals surface area contributed by atoms with Gasteiger partial charge in [-0.25, -0.2) is 4.79 Å². The molecule has 1 N–H and O–H groups in total. The molecule has 1 aromatic rings. The average molecular weight is 238 g/mol. The van der Waals surface area contributed by atoms with E-state index in [-0.39, 0.29) is 17.9 Å². The van der Waals surface area contributed by atoms with Gasteiger partial charge in [0, 0.05) is 6.42 Å². The molecule has 1 aromatic carbocycles. The molecule has 0 spiro atoms. The molecule has 0 aromatic heterocycles. The number of rotatable bonds is 4. The smallest absolute Gasteiger partial charge is 0.374 e. The van der Waals surface area contributed by atoms with Crippen molar-refractivity contribution in [2.75, 3.05) is 14.2 Å². The van der Waals surface area contributed by atoms with Gasteiger partial charge < -0.3 is 14.6 Å². The van der Waals surface area contributed by atoms with Crippen LogP contribution in [0.1, 0.15) is 11.1 Å². The summed E-state index contributed by atoms with van der Waals surface area (Å²) in [6, 6.07) is 3.14. The van der Waals surface area contributed by atoms with E-state index in [9.17, 15) is 14.7 Å². The predicted octanol–water partition coefficient (Wildman–Crippen LogP) is 0.994. The lowest BCUT2D eigenvalue weighted by Gasteiger charge is -2.08. The van der Waals surface area contributed by atoms with E-state index in [0.29, 0.717) is 11.1 Å². The van der Waals surface area contributed by atoms with Gasteiger partial charge in [0.2, 0.25) is 5.78 Å². The van der Waals surface area contributed by atoms with Crippen molar-refractivity contribution in [1.29, 1.82) is 0 Å². The monoisotopic (exact) mass is 238 g/mol. The highest BCUT2D eigenvalue weighted by Gasteiger charge is 2.16. The van der Waals surface area contributed by atoms with Crippen molar-refractivity contribution in [3.63, 3.8) is 0 Å². The van der Waals surface area contributed by atoms with Crippen LogP contribution in [0.25, 0.3) is 0 Å². The van der Waals surface area contributed by atoms with E-state index in [0.717, 1.165) is 7.11 Å². The summed E-state index contributed by atoms with van der Waals surface area (Å²) in [5, 5.41) is 9.61. The van der Waals surface area contributed by atoms with Crippen LogP contribution in [-0.2, 0) is 20.7 Å². The van der Waals surface area contributed by atoms with Crippen LogP contribution >= 0.6 is 0 Å². The Morgan fingerprint density at radius 3 is 2.47 bits per heavy atom. The van der Waals surface area contributed by atoms with Gasteiger partial charge in [0.25, 0.3) is 0 Å². The van der Waals surface area contributed by atoms with E-state index in [2.05, 4.69) is 4.74 Å². The number of carbonyl (C=O) groups is 2. The maximum atomic E-state index is 11.4. The number of hydrogen-bond donors (Lipinski definition) is 1. The molecule has 0 unspecified atom stereocenters. The van der Waals surface area contributed by atoms with Crippen LogP contribution in [0.15, 0.2) is 12.1 Å². The summed E-state index contributed by atoms with van der Waals surface area (Å²) >= 11 is 0. The summed E-state index contributed by atoms with van der Waals surface area (Å²) in [5.74, 6) is -1.21. The van der Waals surface area contributed by atoms with Gasteiger partial charge in [-0.3, -0.25) is 4.79 Å². The summed E-state index contributed by atoms with van der Waals surface area (Å²) in [6.07, 6.45) is -0.0792. The minimum atomic E-state index is -0.880. The number of Topliss-reactive ketones (excluding diaryl/α,β-unsaturated/α-hetero) is 1. The van der Waals surface area contributed by atoms with E-state index >= 15 is 0 Å². The van der Waals surface area contributed by atoms with Crippen molar-refractivity contribution in [3.8, 4) is 11.5 Å². The Morgan fingerprint density at radius 2 is 1.94 bits per heavy atom. The number of ether oxygens (including phenoxy) is 2. The van der Waals surface area contributed by atoms with Gasteiger partial charge in [0.15, 0.2) is 11.5 Å². The minimum absolute atomic E-state index is 0.0294. The zero-order chi connectivity index (χ0) is 13.0. The molecule has 0 heterocycles. The Balaban J connectivity index is 2.96. The first-order chi connectivity index (χ1) is 7.99. The Morgan fingerprint density at radius 1 is 1.29 bits per heavy atom. The maximum absolute atomic E-state index is 11.4. The van der Waals surface area contributed by atoms with Crippen LogP contribution in [0.4, 0.5) is 0 Å². The minimum Gasteiger partial charge on any atom is -0.504 e. The Labute approximate surface area is 99.0 Å². The van der Waals surface area contributed by atoms with Crippen LogP contribution in [0.2, 0.25) is 0 Å². The number of hydrogen-bond acceptors (Lipinski definition) is 5. The fraction of sp³-hybridized carbons (Fsp3) is 0.333. The summed E-state index contributed by atoms with van der Waals surface area (Å²) in [5.41, 5.74) is 1.17. The van der Waals surface area contributed by atoms with Gasteiger partial charge in [-0.05, 0) is 24.1 Å². The van der Waals surface area contributed by atoms with Gasteiger partial charge in [-0.1, -0.05) is 6.07 Å². The lowest BCUT2D eigenvalue weighted by atomic mass is 10.0. The molecule has 0 aliphatic carbocycles. The van der Waals surface area contributed by atoms with Gasteiger partial charge >= 0.3 is 5.97 Å². The Hall–Kier alpha value is -2.04. The molecule has 0 atom stereocenters.